The van der Waals surface area contributed by atoms with Crippen molar-refractivity contribution in [1.82, 2.24) is 0 Å². The van der Waals surface area contributed by atoms with Crippen LogP contribution in [0.5, 0.6) is 0 Å². The molecule has 0 fully saturated rings. The molecule has 0 aliphatic carbocycles. The molecule has 0 aromatic rings. The average Bonchev–Trinajstić information content (AvgIpc) is 2.47. The number of aliphatic hydroxyl groups is 1. The first-order valence-corrected chi connectivity index (χ1v) is 8.38. The Kier molecular flexibility index (Phi) is 11.8. The van der Waals surface area contributed by atoms with Crippen LogP contribution in [0, 0.1) is 0 Å². The molecule has 0 heterocycles. The quantitative estimate of drug-likeness (QED) is 0.260. The number of unbranched alkanes of at least 4 members (excludes halogenated alkanes) is 6. The van der Waals surface area contributed by atoms with Crippen LogP contribution in [0.25, 0.3) is 0 Å². The van der Waals surface area contributed by atoms with Crippen molar-refractivity contribution in [1.29, 1.82) is 0 Å². The fourth-order valence-electron chi connectivity index (χ4n) is 2.11. The van der Waals surface area contributed by atoms with Crippen LogP contribution in [-0.4, -0.2) is 5.11 Å². The molecule has 0 amide bonds. The fourth-order valence-corrected chi connectivity index (χ4v) is 2.11. The summed E-state index contributed by atoms with van der Waals surface area (Å²) in [6.07, 6.45) is 17.9. The summed E-state index contributed by atoms with van der Waals surface area (Å²) in [6, 6.07) is 0. The molecule has 0 bridgehead atoms. The Morgan fingerprint density at radius 2 is 1.43 bits per heavy atom. The molecule has 1 nitrogen and oxygen atoms in total. The molecule has 0 aromatic heterocycles. The minimum absolute atomic E-state index is 0.402. The first-order valence-electron chi connectivity index (χ1n) is 8.38. The highest BCUT2D eigenvalue weighted by Crippen LogP contribution is 2.17. The second-order valence-electron chi connectivity index (χ2n) is 5.86. The zero-order valence-electron chi connectivity index (χ0n) is 14.7. The largest absolute Gasteiger partial charge is 0.512 e. The number of allylic oxidation sites excluding steroid dienone is 8. The Labute approximate surface area is 132 Å². The number of hydrogen-bond donors (Lipinski definition) is 1. The van der Waals surface area contributed by atoms with Crippen LogP contribution < -0.4 is 0 Å². The van der Waals surface area contributed by atoms with Gasteiger partial charge in [0, 0.05) is 0 Å². The summed E-state index contributed by atoms with van der Waals surface area (Å²) in [5.74, 6) is 0.402. The van der Waals surface area contributed by atoms with E-state index in [0.717, 1.165) is 11.1 Å². The van der Waals surface area contributed by atoms with E-state index in [2.05, 4.69) is 45.1 Å². The first kappa shape index (κ1) is 19.8. The third kappa shape index (κ3) is 10.2. The molecule has 0 aliphatic heterocycles. The molecule has 0 saturated heterocycles. The lowest BCUT2D eigenvalue weighted by molar-refractivity contribution is 0.408. The van der Waals surface area contributed by atoms with Crippen molar-refractivity contribution in [3.05, 3.63) is 46.8 Å². The maximum absolute atomic E-state index is 9.49. The van der Waals surface area contributed by atoms with Gasteiger partial charge in [-0.05, 0) is 57.3 Å². The molecule has 0 saturated carbocycles. The van der Waals surface area contributed by atoms with Gasteiger partial charge in [0.05, 0.1) is 5.76 Å². The van der Waals surface area contributed by atoms with Crippen LogP contribution in [0.15, 0.2) is 46.8 Å². The highest BCUT2D eigenvalue weighted by Gasteiger charge is 1.99. The summed E-state index contributed by atoms with van der Waals surface area (Å²) in [5, 5.41) is 9.49. The number of rotatable bonds is 10. The zero-order chi connectivity index (χ0) is 16.1. The van der Waals surface area contributed by atoms with Gasteiger partial charge in [-0.1, -0.05) is 63.3 Å². The van der Waals surface area contributed by atoms with Gasteiger partial charge in [-0.2, -0.15) is 0 Å². The summed E-state index contributed by atoms with van der Waals surface area (Å²) in [6.45, 7) is 10.1. The first-order chi connectivity index (χ1) is 10.0. The van der Waals surface area contributed by atoms with E-state index in [1.54, 1.807) is 6.92 Å². The van der Waals surface area contributed by atoms with Gasteiger partial charge in [-0.25, -0.2) is 0 Å². The Bertz CT molecular complexity index is 390. The predicted molar refractivity (Wildman–Crippen MR) is 95.6 cm³/mol. The molecule has 1 N–H and O–H groups in total. The van der Waals surface area contributed by atoms with Crippen molar-refractivity contribution in [3.63, 3.8) is 0 Å². The smallest absolute Gasteiger partial charge is 0.0923 e. The minimum Gasteiger partial charge on any atom is -0.512 e. The molecule has 0 radical (unpaired) electrons. The van der Waals surface area contributed by atoms with Crippen molar-refractivity contribution in [2.75, 3.05) is 0 Å². The summed E-state index contributed by atoms with van der Waals surface area (Å²) >= 11 is 0. The maximum atomic E-state index is 9.49. The van der Waals surface area contributed by atoms with Crippen molar-refractivity contribution in [2.45, 2.75) is 79.6 Å². The van der Waals surface area contributed by atoms with E-state index in [1.165, 1.54) is 50.5 Å². The highest BCUT2D eigenvalue weighted by molar-refractivity contribution is 5.38. The third-order valence-electron chi connectivity index (χ3n) is 4.01. The summed E-state index contributed by atoms with van der Waals surface area (Å²) in [4.78, 5) is 0. The van der Waals surface area contributed by atoms with Crippen molar-refractivity contribution in [3.8, 4) is 0 Å². The van der Waals surface area contributed by atoms with Gasteiger partial charge < -0.3 is 5.11 Å². The molecule has 0 spiro atoms. The van der Waals surface area contributed by atoms with E-state index in [0.29, 0.717) is 5.76 Å². The lowest BCUT2D eigenvalue weighted by atomic mass is 10.0. The minimum atomic E-state index is 0.402. The van der Waals surface area contributed by atoms with E-state index in [-0.39, 0.29) is 0 Å². The normalized spacial score (nSPS) is 14.7. The lowest BCUT2D eigenvalue weighted by Gasteiger charge is -2.05. The van der Waals surface area contributed by atoms with Gasteiger partial charge in [0.25, 0.3) is 0 Å². The van der Waals surface area contributed by atoms with Gasteiger partial charge in [0.1, 0.15) is 0 Å². The number of hydrogen-bond acceptors (Lipinski definition) is 1. The predicted octanol–water partition coefficient (Wildman–Crippen LogP) is 7.04. The zero-order valence-corrected chi connectivity index (χ0v) is 14.7. The molecule has 1 heteroatoms. The highest BCUT2D eigenvalue weighted by atomic mass is 16.3. The Hall–Kier alpha value is -1.24. The molecule has 0 aliphatic rings. The Balaban J connectivity index is 4.02. The van der Waals surface area contributed by atoms with E-state index < -0.39 is 0 Å². The summed E-state index contributed by atoms with van der Waals surface area (Å²) < 4.78 is 0. The van der Waals surface area contributed by atoms with E-state index in [1.807, 2.05) is 6.92 Å². The third-order valence-corrected chi connectivity index (χ3v) is 4.01. The lowest BCUT2D eigenvalue weighted by Crippen LogP contribution is -1.88. The van der Waals surface area contributed by atoms with Crippen LogP contribution in [0.3, 0.4) is 0 Å². The second kappa shape index (κ2) is 12.5. The molecule has 21 heavy (non-hydrogen) atoms. The molecule has 120 valence electrons. The molecular formula is C20H34O. The van der Waals surface area contributed by atoms with Gasteiger partial charge in [0.2, 0.25) is 0 Å². The molecular weight excluding hydrogens is 256 g/mol. The van der Waals surface area contributed by atoms with Gasteiger partial charge in [0.15, 0.2) is 0 Å². The van der Waals surface area contributed by atoms with Crippen LogP contribution in [0.1, 0.15) is 79.6 Å². The molecule has 0 atom stereocenters. The van der Waals surface area contributed by atoms with Gasteiger partial charge in [-0.15, -0.1) is 0 Å². The SMILES string of the molecule is CCCCCCCCC=CC=CC(C)=C(C)C(C)=C(C)O. The maximum Gasteiger partial charge on any atom is 0.0923 e. The fraction of sp³-hybridized carbons (Fsp3) is 0.600. The monoisotopic (exact) mass is 290 g/mol. The molecule has 0 aromatic carbocycles. The van der Waals surface area contributed by atoms with Crippen molar-refractivity contribution in [2.24, 2.45) is 0 Å². The second-order valence-corrected chi connectivity index (χ2v) is 5.86. The van der Waals surface area contributed by atoms with Crippen LogP contribution >= 0.6 is 0 Å². The molecule has 0 unspecified atom stereocenters. The van der Waals surface area contributed by atoms with E-state index in [9.17, 15) is 5.11 Å². The standard InChI is InChI=1S/C20H34O/c1-6-7-8-9-10-11-12-13-14-15-16-17(2)18(3)19(4)20(5)21/h13-16,21H,6-12H2,1-5H3. The average molecular weight is 290 g/mol. The van der Waals surface area contributed by atoms with E-state index >= 15 is 0 Å². The Morgan fingerprint density at radius 3 is 2.05 bits per heavy atom. The van der Waals surface area contributed by atoms with Crippen LogP contribution in [0.2, 0.25) is 0 Å². The summed E-state index contributed by atoms with van der Waals surface area (Å²) in [7, 11) is 0. The number of aliphatic hydroxyl groups excluding tert-OH is 1. The summed E-state index contributed by atoms with van der Waals surface area (Å²) in [5.41, 5.74) is 3.31. The van der Waals surface area contributed by atoms with Crippen molar-refractivity contribution >= 4 is 0 Å². The van der Waals surface area contributed by atoms with Crippen LogP contribution in [0.4, 0.5) is 0 Å². The van der Waals surface area contributed by atoms with Crippen molar-refractivity contribution < 1.29 is 5.11 Å². The van der Waals surface area contributed by atoms with E-state index in [4.69, 9.17) is 0 Å². The van der Waals surface area contributed by atoms with Crippen LogP contribution in [-0.2, 0) is 0 Å². The van der Waals surface area contributed by atoms with Gasteiger partial charge in [-0.3, -0.25) is 0 Å². The Morgan fingerprint density at radius 1 is 0.810 bits per heavy atom. The van der Waals surface area contributed by atoms with Gasteiger partial charge >= 0.3 is 0 Å². The molecule has 0 rings (SSSR count). The topological polar surface area (TPSA) is 20.2 Å².